The highest BCUT2D eigenvalue weighted by Crippen LogP contribution is 2.30. The molecule has 1 N–H and O–H groups in total. The normalized spacial score (nSPS) is 11.4. The number of Topliss-reactive ketones (excluding diaryl/α,β-unsaturated/α-hetero) is 1. The van der Waals surface area contributed by atoms with Crippen LogP contribution >= 0.6 is 0 Å². The standard InChI is InChI=1S/C24H20N2O4S/c1-17(27)18-11-13-19(14-12-18)25-24(28)16-26-15-23(21-9-5-6-10-22(21)26)31(29,30)20-7-3-2-4-8-20/h2-15H,16H2,1H3,(H,25,28). The van der Waals surface area contributed by atoms with Gasteiger partial charge in [-0.2, -0.15) is 0 Å². The summed E-state index contributed by atoms with van der Waals surface area (Å²) in [5.41, 5.74) is 1.77. The van der Waals surface area contributed by atoms with Gasteiger partial charge in [-0.15, -0.1) is 0 Å². The number of carbonyl (C=O) groups excluding carboxylic acids is 2. The smallest absolute Gasteiger partial charge is 0.244 e. The van der Waals surface area contributed by atoms with Crippen LogP contribution in [-0.2, 0) is 21.2 Å². The monoisotopic (exact) mass is 432 g/mol. The first-order valence-corrected chi connectivity index (χ1v) is 11.1. The fourth-order valence-corrected chi connectivity index (χ4v) is 4.93. The Morgan fingerprint density at radius 3 is 2.19 bits per heavy atom. The fourth-order valence-electron chi connectivity index (χ4n) is 3.43. The Kier molecular flexibility index (Phi) is 5.44. The van der Waals surface area contributed by atoms with E-state index in [2.05, 4.69) is 5.32 Å². The van der Waals surface area contributed by atoms with Crippen LogP contribution in [0.25, 0.3) is 10.9 Å². The van der Waals surface area contributed by atoms with Gasteiger partial charge in [0.25, 0.3) is 0 Å². The topological polar surface area (TPSA) is 85.2 Å². The average Bonchev–Trinajstić information content (AvgIpc) is 3.14. The highest BCUT2D eigenvalue weighted by Gasteiger charge is 2.23. The van der Waals surface area contributed by atoms with Crippen molar-refractivity contribution in [3.8, 4) is 0 Å². The van der Waals surface area contributed by atoms with Gasteiger partial charge in [-0.1, -0.05) is 36.4 Å². The molecule has 1 aromatic heterocycles. The van der Waals surface area contributed by atoms with E-state index in [1.165, 1.54) is 13.1 Å². The van der Waals surface area contributed by atoms with E-state index in [0.29, 0.717) is 22.2 Å². The number of nitrogens with one attached hydrogen (secondary N) is 1. The highest BCUT2D eigenvalue weighted by atomic mass is 32.2. The third-order valence-electron chi connectivity index (χ3n) is 4.98. The summed E-state index contributed by atoms with van der Waals surface area (Å²) in [6.07, 6.45) is 1.51. The van der Waals surface area contributed by atoms with Crippen molar-refractivity contribution in [2.24, 2.45) is 0 Å². The van der Waals surface area contributed by atoms with Crippen molar-refractivity contribution in [2.75, 3.05) is 5.32 Å². The van der Waals surface area contributed by atoms with Crippen LogP contribution in [0.15, 0.2) is 94.9 Å². The van der Waals surface area contributed by atoms with E-state index in [-0.39, 0.29) is 28.0 Å². The van der Waals surface area contributed by atoms with Gasteiger partial charge < -0.3 is 9.88 Å². The molecule has 0 bridgehead atoms. The second-order valence-corrected chi connectivity index (χ2v) is 9.05. The largest absolute Gasteiger partial charge is 0.337 e. The van der Waals surface area contributed by atoms with Gasteiger partial charge in [-0.05, 0) is 49.4 Å². The van der Waals surface area contributed by atoms with E-state index in [0.717, 1.165) is 0 Å². The molecule has 0 aliphatic heterocycles. The maximum absolute atomic E-state index is 13.2. The number of hydrogen-bond donors (Lipinski definition) is 1. The van der Waals surface area contributed by atoms with Gasteiger partial charge in [0.05, 0.1) is 9.79 Å². The number of nitrogens with zero attached hydrogens (tertiary/aromatic N) is 1. The second kappa shape index (κ2) is 8.20. The predicted molar refractivity (Wildman–Crippen MR) is 119 cm³/mol. The molecule has 7 heteroatoms. The van der Waals surface area contributed by atoms with Gasteiger partial charge in [-0.3, -0.25) is 9.59 Å². The summed E-state index contributed by atoms with van der Waals surface area (Å²) >= 11 is 0. The molecule has 0 aliphatic rings. The molecule has 4 rings (SSSR count). The van der Waals surface area contributed by atoms with Crippen molar-refractivity contribution >= 4 is 38.1 Å². The molecule has 0 fully saturated rings. The number of hydrogen-bond acceptors (Lipinski definition) is 4. The number of amides is 1. The molecule has 1 amide bonds. The Bertz CT molecular complexity index is 1370. The first-order valence-electron chi connectivity index (χ1n) is 9.65. The minimum absolute atomic E-state index is 0.0520. The molecule has 0 radical (unpaired) electrons. The summed E-state index contributed by atoms with van der Waals surface area (Å²) in [5.74, 6) is -0.358. The maximum atomic E-state index is 13.2. The second-order valence-electron chi connectivity index (χ2n) is 7.14. The lowest BCUT2D eigenvalue weighted by Crippen LogP contribution is -2.18. The number of carbonyl (C=O) groups is 2. The number of fused-ring (bicyclic) bond motifs is 1. The summed E-state index contributed by atoms with van der Waals surface area (Å²) in [6, 6.07) is 21.9. The zero-order valence-corrected chi connectivity index (χ0v) is 17.6. The van der Waals surface area contributed by atoms with Crippen LogP contribution in [0.2, 0.25) is 0 Å². The average molecular weight is 433 g/mol. The number of anilines is 1. The van der Waals surface area contributed by atoms with Crippen LogP contribution in [0, 0.1) is 0 Å². The van der Waals surface area contributed by atoms with E-state index in [1.54, 1.807) is 83.4 Å². The van der Waals surface area contributed by atoms with Crippen molar-refractivity contribution < 1.29 is 18.0 Å². The Labute approximate surface area is 180 Å². The third kappa shape index (κ3) is 4.13. The van der Waals surface area contributed by atoms with E-state index < -0.39 is 9.84 Å². The van der Waals surface area contributed by atoms with Crippen LogP contribution in [0.4, 0.5) is 5.69 Å². The Hall–Kier alpha value is -3.71. The van der Waals surface area contributed by atoms with Gasteiger partial charge in [0, 0.05) is 28.4 Å². The van der Waals surface area contributed by atoms with Crippen LogP contribution in [0.5, 0.6) is 0 Å². The van der Waals surface area contributed by atoms with Crippen molar-refractivity contribution in [3.05, 3.63) is 90.6 Å². The predicted octanol–water partition coefficient (Wildman–Crippen LogP) is 4.32. The van der Waals surface area contributed by atoms with Gasteiger partial charge in [0.1, 0.15) is 6.54 Å². The first-order chi connectivity index (χ1) is 14.9. The van der Waals surface area contributed by atoms with Crippen molar-refractivity contribution in [2.45, 2.75) is 23.3 Å². The van der Waals surface area contributed by atoms with E-state index >= 15 is 0 Å². The maximum Gasteiger partial charge on any atom is 0.244 e. The molecule has 0 saturated heterocycles. The molecule has 0 atom stereocenters. The molecule has 31 heavy (non-hydrogen) atoms. The van der Waals surface area contributed by atoms with Gasteiger partial charge in [0.2, 0.25) is 15.7 Å². The van der Waals surface area contributed by atoms with Gasteiger partial charge >= 0.3 is 0 Å². The van der Waals surface area contributed by atoms with Gasteiger partial charge in [-0.25, -0.2) is 8.42 Å². The molecule has 156 valence electrons. The third-order valence-corrected chi connectivity index (χ3v) is 6.78. The highest BCUT2D eigenvalue weighted by molar-refractivity contribution is 7.91. The lowest BCUT2D eigenvalue weighted by molar-refractivity contribution is -0.116. The van der Waals surface area contributed by atoms with Crippen LogP contribution < -0.4 is 5.32 Å². The Balaban J connectivity index is 1.64. The van der Waals surface area contributed by atoms with E-state index in [1.807, 2.05) is 0 Å². The minimum Gasteiger partial charge on any atom is -0.337 e. The van der Waals surface area contributed by atoms with Gasteiger partial charge in [0.15, 0.2) is 5.78 Å². The molecule has 0 aliphatic carbocycles. The van der Waals surface area contributed by atoms with Crippen molar-refractivity contribution in [3.63, 3.8) is 0 Å². The van der Waals surface area contributed by atoms with Crippen LogP contribution in [-0.4, -0.2) is 24.7 Å². The molecule has 0 saturated carbocycles. The SMILES string of the molecule is CC(=O)c1ccc(NC(=O)Cn2cc(S(=O)(=O)c3ccccc3)c3ccccc32)cc1. The molecule has 0 spiro atoms. The zero-order chi connectivity index (χ0) is 22.0. The lowest BCUT2D eigenvalue weighted by atomic mass is 10.1. The number of aromatic nitrogens is 1. The van der Waals surface area contributed by atoms with Crippen molar-refractivity contribution in [1.82, 2.24) is 4.57 Å². The number of ketones is 1. The summed E-state index contributed by atoms with van der Waals surface area (Å²) in [4.78, 5) is 24.4. The quantitative estimate of drug-likeness (QED) is 0.460. The van der Waals surface area contributed by atoms with Crippen molar-refractivity contribution in [1.29, 1.82) is 0 Å². The first kappa shape index (κ1) is 20.6. The number of sulfone groups is 1. The van der Waals surface area contributed by atoms with E-state index in [9.17, 15) is 18.0 Å². The molecule has 1 heterocycles. The molecular formula is C24H20N2O4S. The molecule has 0 unspecified atom stereocenters. The fraction of sp³-hybridized carbons (Fsp3) is 0.0833. The molecule has 3 aromatic carbocycles. The number of para-hydroxylation sites is 1. The molecule has 6 nitrogen and oxygen atoms in total. The minimum atomic E-state index is -3.74. The number of rotatable bonds is 6. The summed E-state index contributed by atoms with van der Waals surface area (Å²) in [7, 11) is -3.74. The zero-order valence-electron chi connectivity index (χ0n) is 16.8. The van der Waals surface area contributed by atoms with Crippen LogP contribution in [0.1, 0.15) is 17.3 Å². The van der Waals surface area contributed by atoms with Crippen LogP contribution in [0.3, 0.4) is 0 Å². The summed E-state index contributed by atoms with van der Waals surface area (Å²) < 4.78 is 28.0. The Morgan fingerprint density at radius 2 is 1.52 bits per heavy atom. The molecule has 4 aromatic rings. The van der Waals surface area contributed by atoms with E-state index in [4.69, 9.17) is 0 Å². The summed E-state index contributed by atoms with van der Waals surface area (Å²) in [5, 5.41) is 3.34. The number of benzene rings is 3. The molecular weight excluding hydrogens is 412 g/mol. The summed E-state index contributed by atoms with van der Waals surface area (Å²) in [6.45, 7) is 1.42. The lowest BCUT2D eigenvalue weighted by Gasteiger charge is -2.08. The Morgan fingerprint density at radius 1 is 0.871 bits per heavy atom.